The van der Waals surface area contributed by atoms with Gasteiger partial charge in [-0.25, -0.2) is 0 Å². The average molecular weight is 293 g/mol. The minimum Gasteiger partial charge on any atom is -0.497 e. The molecule has 0 aliphatic heterocycles. The highest BCUT2D eigenvalue weighted by Crippen LogP contribution is 2.15. The van der Waals surface area contributed by atoms with Crippen molar-refractivity contribution < 1.29 is 14.6 Å². The van der Waals surface area contributed by atoms with Crippen LogP contribution in [0.3, 0.4) is 0 Å². The number of methoxy groups -OCH3 is 1. The van der Waals surface area contributed by atoms with Gasteiger partial charge in [-0.15, -0.1) is 0 Å². The normalized spacial score (nSPS) is 12.7. The average Bonchev–Trinajstić information content (AvgIpc) is 2.45. The van der Waals surface area contributed by atoms with Gasteiger partial charge in [-0.1, -0.05) is 32.9 Å². The largest absolute Gasteiger partial charge is 0.497 e. The van der Waals surface area contributed by atoms with Gasteiger partial charge in [0.05, 0.1) is 13.0 Å². The minimum absolute atomic E-state index is 0.351. The molecule has 4 heteroatoms. The number of hydrogen-bond acceptors (Lipinski definition) is 3. The molecular formula is C17H27NO3. The van der Waals surface area contributed by atoms with Crippen molar-refractivity contribution in [1.29, 1.82) is 0 Å². The predicted molar refractivity (Wildman–Crippen MR) is 84.5 cm³/mol. The molecule has 1 aromatic rings. The van der Waals surface area contributed by atoms with Crippen LogP contribution in [0.15, 0.2) is 24.3 Å². The van der Waals surface area contributed by atoms with Crippen molar-refractivity contribution in [3.05, 3.63) is 29.8 Å². The van der Waals surface area contributed by atoms with Gasteiger partial charge in [-0.2, -0.15) is 0 Å². The lowest BCUT2D eigenvalue weighted by Crippen LogP contribution is -2.32. The Morgan fingerprint density at radius 1 is 1.24 bits per heavy atom. The summed E-state index contributed by atoms with van der Waals surface area (Å²) in [4.78, 5) is 13.3. The van der Waals surface area contributed by atoms with Crippen LogP contribution in [0.4, 0.5) is 0 Å². The van der Waals surface area contributed by atoms with Crippen LogP contribution in [0.2, 0.25) is 0 Å². The van der Waals surface area contributed by atoms with E-state index in [9.17, 15) is 4.79 Å². The highest BCUT2D eigenvalue weighted by atomic mass is 16.5. The number of hydrogen-bond donors (Lipinski definition) is 1. The van der Waals surface area contributed by atoms with Crippen LogP contribution in [-0.2, 0) is 11.3 Å². The maximum Gasteiger partial charge on any atom is 0.307 e. The third-order valence-electron chi connectivity index (χ3n) is 3.54. The summed E-state index contributed by atoms with van der Waals surface area (Å²) in [5.74, 6) is 0.365. The van der Waals surface area contributed by atoms with E-state index in [1.807, 2.05) is 24.3 Å². The Kier molecular flexibility index (Phi) is 7.23. The molecule has 0 radical (unpaired) electrons. The predicted octanol–water partition coefficient (Wildman–Crippen LogP) is 3.26. The molecular weight excluding hydrogens is 266 g/mol. The number of nitrogens with zero attached hydrogens (tertiary/aromatic N) is 1. The summed E-state index contributed by atoms with van der Waals surface area (Å²) in [7, 11) is 1.65. The first kappa shape index (κ1) is 17.5. The molecule has 0 amide bonds. The van der Waals surface area contributed by atoms with E-state index in [0.29, 0.717) is 12.5 Å². The summed E-state index contributed by atoms with van der Waals surface area (Å²) in [6.07, 6.45) is 1.07. The van der Waals surface area contributed by atoms with Crippen molar-refractivity contribution in [1.82, 2.24) is 4.90 Å². The first-order valence-electron chi connectivity index (χ1n) is 7.50. The third kappa shape index (κ3) is 6.63. The molecule has 0 saturated heterocycles. The lowest BCUT2D eigenvalue weighted by Gasteiger charge is -2.25. The van der Waals surface area contributed by atoms with Gasteiger partial charge in [-0.3, -0.25) is 9.69 Å². The molecule has 0 spiro atoms. The van der Waals surface area contributed by atoms with Crippen LogP contribution in [0.5, 0.6) is 5.75 Å². The Hall–Kier alpha value is -1.55. The first-order valence-corrected chi connectivity index (χ1v) is 7.50. The molecule has 0 bridgehead atoms. The Labute approximate surface area is 127 Å². The van der Waals surface area contributed by atoms with E-state index in [1.165, 1.54) is 5.56 Å². The van der Waals surface area contributed by atoms with Crippen LogP contribution in [0, 0.1) is 11.8 Å². The van der Waals surface area contributed by atoms with Crippen LogP contribution < -0.4 is 4.74 Å². The Bertz CT molecular complexity index is 428. The van der Waals surface area contributed by atoms with Crippen LogP contribution in [0.25, 0.3) is 0 Å². The molecule has 0 aromatic heterocycles. The van der Waals surface area contributed by atoms with Gasteiger partial charge in [0.15, 0.2) is 0 Å². The summed E-state index contributed by atoms with van der Waals surface area (Å²) in [5.41, 5.74) is 1.18. The van der Waals surface area contributed by atoms with Crippen molar-refractivity contribution in [2.75, 3.05) is 20.2 Å². The molecule has 4 nitrogen and oxygen atoms in total. The van der Waals surface area contributed by atoms with Crippen LogP contribution >= 0.6 is 0 Å². The second kappa shape index (κ2) is 8.67. The highest BCUT2D eigenvalue weighted by Gasteiger charge is 2.16. The van der Waals surface area contributed by atoms with Crippen LogP contribution in [0.1, 0.15) is 32.8 Å². The van der Waals surface area contributed by atoms with Crippen molar-refractivity contribution in [3.63, 3.8) is 0 Å². The topological polar surface area (TPSA) is 49.8 Å². The molecule has 1 N–H and O–H groups in total. The Balaban J connectivity index is 2.67. The van der Waals surface area contributed by atoms with Crippen molar-refractivity contribution >= 4 is 5.97 Å². The van der Waals surface area contributed by atoms with E-state index in [1.54, 1.807) is 14.0 Å². The molecule has 1 atom stereocenters. The van der Waals surface area contributed by atoms with E-state index in [-0.39, 0.29) is 5.92 Å². The van der Waals surface area contributed by atoms with E-state index in [0.717, 1.165) is 25.3 Å². The molecule has 1 aromatic carbocycles. The van der Waals surface area contributed by atoms with E-state index in [4.69, 9.17) is 9.84 Å². The smallest absolute Gasteiger partial charge is 0.307 e. The van der Waals surface area contributed by atoms with Crippen molar-refractivity contribution in [2.24, 2.45) is 11.8 Å². The monoisotopic (exact) mass is 293 g/mol. The number of aliphatic carboxylic acids is 1. The number of rotatable bonds is 9. The van der Waals surface area contributed by atoms with Gasteiger partial charge in [0.25, 0.3) is 0 Å². The summed E-state index contributed by atoms with van der Waals surface area (Å²) in [6, 6.07) is 7.95. The van der Waals surface area contributed by atoms with Crippen molar-refractivity contribution in [2.45, 2.75) is 33.7 Å². The second-order valence-electron chi connectivity index (χ2n) is 6.00. The third-order valence-corrected chi connectivity index (χ3v) is 3.54. The van der Waals surface area contributed by atoms with Gasteiger partial charge in [0.2, 0.25) is 0 Å². The zero-order valence-electron chi connectivity index (χ0n) is 13.5. The maximum atomic E-state index is 11.1. The van der Waals surface area contributed by atoms with Gasteiger partial charge in [0, 0.05) is 13.1 Å². The van der Waals surface area contributed by atoms with E-state index in [2.05, 4.69) is 18.7 Å². The minimum atomic E-state index is -0.737. The Morgan fingerprint density at radius 2 is 1.86 bits per heavy atom. The second-order valence-corrected chi connectivity index (χ2v) is 6.00. The van der Waals surface area contributed by atoms with Crippen LogP contribution in [-0.4, -0.2) is 36.2 Å². The molecule has 0 saturated carbocycles. The summed E-state index contributed by atoms with van der Waals surface area (Å²) >= 11 is 0. The zero-order valence-corrected chi connectivity index (χ0v) is 13.5. The molecule has 1 unspecified atom stereocenters. The van der Waals surface area contributed by atoms with E-state index < -0.39 is 5.97 Å². The molecule has 0 aliphatic carbocycles. The molecule has 1 rings (SSSR count). The standard InChI is InChI=1S/C17H27NO3/c1-13(2)9-10-18(11-14(3)17(19)20)12-15-5-7-16(21-4)8-6-15/h5-8,13-14H,9-12H2,1-4H3,(H,19,20). The SMILES string of the molecule is COc1ccc(CN(CCC(C)C)CC(C)C(=O)O)cc1. The first-order chi connectivity index (χ1) is 9.92. The quantitative estimate of drug-likeness (QED) is 0.759. The lowest BCUT2D eigenvalue weighted by atomic mass is 10.1. The fraction of sp³-hybridized carbons (Fsp3) is 0.588. The van der Waals surface area contributed by atoms with E-state index >= 15 is 0 Å². The summed E-state index contributed by atoms with van der Waals surface area (Å²) in [5, 5.41) is 9.10. The highest BCUT2D eigenvalue weighted by molar-refractivity contribution is 5.69. The fourth-order valence-corrected chi connectivity index (χ4v) is 2.13. The van der Waals surface area contributed by atoms with Gasteiger partial charge in [-0.05, 0) is 36.6 Å². The van der Waals surface area contributed by atoms with Gasteiger partial charge >= 0.3 is 5.97 Å². The van der Waals surface area contributed by atoms with Gasteiger partial charge < -0.3 is 9.84 Å². The summed E-state index contributed by atoms with van der Waals surface area (Å²) in [6.45, 7) is 8.40. The number of benzene rings is 1. The molecule has 21 heavy (non-hydrogen) atoms. The fourth-order valence-electron chi connectivity index (χ4n) is 2.13. The molecule has 0 aliphatic rings. The number of carbonyl (C=O) groups is 1. The summed E-state index contributed by atoms with van der Waals surface area (Å²) < 4.78 is 5.16. The number of carboxylic acids is 1. The van der Waals surface area contributed by atoms with Gasteiger partial charge in [0.1, 0.15) is 5.75 Å². The molecule has 0 fully saturated rings. The van der Waals surface area contributed by atoms with Crippen molar-refractivity contribution in [3.8, 4) is 5.75 Å². The molecule has 118 valence electrons. The maximum absolute atomic E-state index is 11.1. The number of ether oxygens (including phenoxy) is 1. The zero-order chi connectivity index (χ0) is 15.8. The number of carboxylic acid groups (broad SMARTS) is 1. The lowest BCUT2D eigenvalue weighted by molar-refractivity contribution is -0.141. The Morgan fingerprint density at radius 3 is 2.33 bits per heavy atom. The molecule has 0 heterocycles.